The van der Waals surface area contributed by atoms with Crippen LogP contribution in [-0.2, 0) is 14.3 Å². The van der Waals surface area contributed by atoms with Gasteiger partial charge < -0.3 is 20.1 Å². The van der Waals surface area contributed by atoms with Crippen LogP contribution in [0, 0.1) is 5.92 Å². The fraction of sp³-hybridized carbons (Fsp3) is 0.833. The number of rotatable bonds is 4. The third-order valence-electron chi connectivity index (χ3n) is 3.64. The first-order valence-electron chi connectivity index (χ1n) is 6.41. The van der Waals surface area contributed by atoms with Crippen LogP contribution in [0.5, 0.6) is 0 Å². The Bertz CT molecular complexity index is 334. The van der Waals surface area contributed by atoms with Crippen molar-refractivity contribution in [3.05, 3.63) is 0 Å². The average molecular weight is 256 g/mol. The molecule has 2 aliphatic heterocycles. The zero-order valence-electron chi connectivity index (χ0n) is 10.6. The van der Waals surface area contributed by atoms with Crippen LogP contribution in [0.1, 0.15) is 19.3 Å². The van der Waals surface area contributed by atoms with E-state index in [4.69, 9.17) is 9.84 Å². The molecule has 0 aliphatic carbocycles. The van der Waals surface area contributed by atoms with E-state index in [2.05, 4.69) is 17.3 Å². The maximum Gasteiger partial charge on any atom is 0.332 e. The van der Waals surface area contributed by atoms with Crippen molar-refractivity contribution in [1.29, 1.82) is 0 Å². The Hall–Kier alpha value is -1.14. The fourth-order valence-electron chi connectivity index (χ4n) is 2.56. The van der Waals surface area contributed by atoms with Crippen molar-refractivity contribution in [1.82, 2.24) is 10.2 Å². The lowest BCUT2D eigenvalue weighted by Crippen LogP contribution is -2.38. The molecule has 0 saturated carbocycles. The Morgan fingerprint density at radius 1 is 1.33 bits per heavy atom. The van der Waals surface area contributed by atoms with Crippen molar-refractivity contribution in [3.63, 3.8) is 0 Å². The smallest absolute Gasteiger partial charge is 0.332 e. The van der Waals surface area contributed by atoms with E-state index in [1.807, 2.05) is 0 Å². The molecule has 18 heavy (non-hydrogen) atoms. The molecule has 3 atom stereocenters. The lowest BCUT2D eigenvalue weighted by molar-refractivity contribution is -0.151. The lowest BCUT2D eigenvalue weighted by atomic mass is 10.1. The Labute approximate surface area is 106 Å². The molecule has 2 rings (SSSR count). The SMILES string of the molecule is CN1CCC(CNC(=O)[C@@H]2CC[C@H](C(=O)O)O2)C1. The number of aliphatic carboxylic acids is 1. The highest BCUT2D eigenvalue weighted by Crippen LogP contribution is 2.20. The van der Waals surface area contributed by atoms with Crippen LogP contribution in [0.2, 0.25) is 0 Å². The highest BCUT2D eigenvalue weighted by Gasteiger charge is 2.34. The van der Waals surface area contributed by atoms with E-state index in [1.54, 1.807) is 0 Å². The number of carboxylic acid groups (broad SMARTS) is 1. The number of carbonyl (C=O) groups excluding carboxylic acids is 1. The van der Waals surface area contributed by atoms with Gasteiger partial charge in [-0.2, -0.15) is 0 Å². The van der Waals surface area contributed by atoms with Crippen LogP contribution in [-0.4, -0.2) is 60.8 Å². The molecule has 0 aromatic carbocycles. The van der Waals surface area contributed by atoms with Crippen molar-refractivity contribution < 1.29 is 19.4 Å². The van der Waals surface area contributed by atoms with E-state index in [-0.39, 0.29) is 5.91 Å². The van der Waals surface area contributed by atoms with Gasteiger partial charge in [0.2, 0.25) is 5.91 Å². The molecule has 0 bridgehead atoms. The van der Waals surface area contributed by atoms with Crippen LogP contribution in [0.25, 0.3) is 0 Å². The minimum absolute atomic E-state index is 0.173. The van der Waals surface area contributed by atoms with Gasteiger partial charge in [-0.05, 0) is 38.8 Å². The second-order valence-corrected chi connectivity index (χ2v) is 5.19. The maximum atomic E-state index is 11.8. The summed E-state index contributed by atoms with van der Waals surface area (Å²) in [5.74, 6) is -0.661. The summed E-state index contributed by atoms with van der Waals surface area (Å²) in [6, 6.07) is 0. The topological polar surface area (TPSA) is 78.9 Å². The Morgan fingerprint density at radius 3 is 2.61 bits per heavy atom. The molecular formula is C12H20N2O4. The second-order valence-electron chi connectivity index (χ2n) is 5.19. The zero-order valence-corrected chi connectivity index (χ0v) is 10.6. The standard InChI is InChI=1S/C12H20N2O4/c1-14-5-4-8(7-14)6-13-11(15)9-2-3-10(18-9)12(16)17/h8-10H,2-7H2,1H3,(H,13,15)(H,16,17)/t8?,9-,10+/m0/s1. The molecule has 102 valence electrons. The van der Waals surface area contributed by atoms with E-state index >= 15 is 0 Å². The van der Waals surface area contributed by atoms with Gasteiger partial charge >= 0.3 is 5.97 Å². The predicted molar refractivity (Wildman–Crippen MR) is 64.1 cm³/mol. The van der Waals surface area contributed by atoms with Gasteiger partial charge in [-0.3, -0.25) is 4.79 Å². The van der Waals surface area contributed by atoms with Crippen molar-refractivity contribution >= 4 is 11.9 Å². The van der Waals surface area contributed by atoms with Crippen molar-refractivity contribution in [3.8, 4) is 0 Å². The maximum absolute atomic E-state index is 11.8. The van der Waals surface area contributed by atoms with E-state index in [0.717, 1.165) is 19.5 Å². The van der Waals surface area contributed by atoms with Gasteiger partial charge in [0.15, 0.2) is 6.10 Å². The lowest BCUT2D eigenvalue weighted by Gasteiger charge is -2.15. The van der Waals surface area contributed by atoms with Crippen molar-refractivity contribution in [2.24, 2.45) is 5.92 Å². The molecule has 2 saturated heterocycles. The minimum Gasteiger partial charge on any atom is -0.479 e. The highest BCUT2D eigenvalue weighted by atomic mass is 16.5. The first kappa shape index (κ1) is 13.3. The zero-order chi connectivity index (χ0) is 13.1. The quantitative estimate of drug-likeness (QED) is 0.721. The van der Waals surface area contributed by atoms with Gasteiger partial charge in [0.25, 0.3) is 0 Å². The number of ether oxygens (including phenoxy) is 1. The molecule has 2 N–H and O–H groups in total. The van der Waals surface area contributed by atoms with E-state index < -0.39 is 18.2 Å². The number of nitrogens with one attached hydrogen (secondary N) is 1. The summed E-state index contributed by atoms with van der Waals surface area (Å²) in [4.78, 5) is 24.8. The number of nitrogens with zero attached hydrogens (tertiary/aromatic N) is 1. The first-order chi connectivity index (χ1) is 8.56. The number of carboxylic acids is 1. The molecular weight excluding hydrogens is 236 g/mol. The highest BCUT2D eigenvalue weighted by molar-refractivity contribution is 5.82. The third-order valence-corrected chi connectivity index (χ3v) is 3.64. The molecule has 1 amide bonds. The van der Waals surface area contributed by atoms with E-state index in [9.17, 15) is 9.59 Å². The Kier molecular flexibility index (Phi) is 4.19. The van der Waals surface area contributed by atoms with Crippen LogP contribution >= 0.6 is 0 Å². The molecule has 2 heterocycles. The molecule has 2 aliphatic rings. The first-order valence-corrected chi connectivity index (χ1v) is 6.41. The third kappa shape index (κ3) is 3.20. The molecule has 1 unspecified atom stereocenters. The molecule has 0 aromatic heterocycles. The summed E-state index contributed by atoms with van der Waals surface area (Å²) in [5, 5.41) is 11.6. The van der Waals surface area contributed by atoms with Gasteiger partial charge in [0, 0.05) is 13.1 Å². The van der Waals surface area contributed by atoms with E-state index in [1.165, 1.54) is 0 Å². The largest absolute Gasteiger partial charge is 0.479 e. The van der Waals surface area contributed by atoms with Gasteiger partial charge in [0.05, 0.1) is 0 Å². The summed E-state index contributed by atoms with van der Waals surface area (Å²) in [6.45, 7) is 2.73. The second kappa shape index (κ2) is 5.67. The molecule has 0 spiro atoms. The molecule has 0 radical (unpaired) electrons. The van der Waals surface area contributed by atoms with Gasteiger partial charge in [-0.1, -0.05) is 0 Å². The van der Waals surface area contributed by atoms with E-state index in [0.29, 0.717) is 25.3 Å². The number of carbonyl (C=O) groups is 2. The summed E-state index contributed by atoms with van der Waals surface area (Å²) in [5.41, 5.74) is 0. The average Bonchev–Trinajstić information content (AvgIpc) is 2.94. The Morgan fingerprint density at radius 2 is 2.06 bits per heavy atom. The predicted octanol–water partition coefficient (Wildman–Crippen LogP) is -0.313. The normalized spacial score (nSPS) is 32.6. The fourth-order valence-corrected chi connectivity index (χ4v) is 2.56. The van der Waals surface area contributed by atoms with Crippen LogP contribution in [0.3, 0.4) is 0 Å². The molecule has 6 heteroatoms. The summed E-state index contributed by atoms with van der Waals surface area (Å²) >= 11 is 0. The number of likely N-dealkylation sites (tertiary alicyclic amines) is 1. The van der Waals surface area contributed by atoms with Gasteiger partial charge in [-0.25, -0.2) is 4.79 Å². The summed E-state index contributed by atoms with van der Waals surface area (Å²) in [6.07, 6.45) is 0.594. The van der Waals surface area contributed by atoms with Crippen LogP contribution in [0.4, 0.5) is 0 Å². The van der Waals surface area contributed by atoms with Gasteiger partial charge in [-0.15, -0.1) is 0 Å². The number of hydrogen-bond donors (Lipinski definition) is 2. The Balaban J connectivity index is 1.71. The number of amides is 1. The van der Waals surface area contributed by atoms with Gasteiger partial charge in [0.1, 0.15) is 6.10 Å². The van der Waals surface area contributed by atoms with Crippen LogP contribution < -0.4 is 5.32 Å². The molecule has 0 aromatic rings. The monoisotopic (exact) mass is 256 g/mol. The summed E-state index contributed by atoms with van der Waals surface area (Å²) < 4.78 is 5.20. The minimum atomic E-state index is -0.984. The molecule has 6 nitrogen and oxygen atoms in total. The van der Waals surface area contributed by atoms with Crippen molar-refractivity contribution in [2.45, 2.75) is 31.5 Å². The summed E-state index contributed by atoms with van der Waals surface area (Å²) in [7, 11) is 2.07. The van der Waals surface area contributed by atoms with Crippen molar-refractivity contribution in [2.75, 3.05) is 26.7 Å². The van der Waals surface area contributed by atoms with Crippen LogP contribution in [0.15, 0.2) is 0 Å². The number of hydrogen-bond acceptors (Lipinski definition) is 4. The molecule has 2 fully saturated rings.